The second kappa shape index (κ2) is 8.41. The average molecular weight is 413 g/mol. The van der Waals surface area contributed by atoms with E-state index in [-0.39, 0.29) is 24.3 Å². The first-order chi connectivity index (χ1) is 14.5. The van der Waals surface area contributed by atoms with E-state index in [0.29, 0.717) is 30.7 Å². The number of pyridine rings is 1. The minimum Gasteiger partial charge on any atom is -0.494 e. The van der Waals surface area contributed by atoms with Crippen molar-refractivity contribution in [3.05, 3.63) is 59.2 Å². The van der Waals surface area contributed by atoms with Crippen molar-refractivity contribution in [3.8, 4) is 5.75 Å². The number of aryl methyl sites for hydroxylation is 1. The number of aliphatic hydroxyl groups is 1. The van der Waals surface area contributed by atoms with Gasteiger partial charge >= 0.3 is 0 Å². The summed E-state index contributed by atoms with van der Waals surface area (Å²) in [5.74, 6) is -0.555. The predicted molar refractivity (Wildman–Crippen MR) is 109 cm³/mol. The molecule has 8 heteroatoms. The Hall–Kier alpha value is -2.97. The Morgan fingerprint density at radius 1 is 1.43 bits per heavy atom. The van der Waals surface area contributed by atoms with Crippen LogP contribution in [-0.2, 0) is 11.3 Å². The molecule has 3 aromatic rings. The van der Waals surface area contributed by atoms with Gasteiger partial charge in [-0.25, -0.2) is 4.39 Å². The van der Waals surface area contributed by atoms with Crippen molar-refractivity contribution < 1.29 is 23.8 Å². The largest absolute Gasteiger partial charge is 0.494 e. The van der Waals surface area contributed by atoms with Crippen LogP contribution in [0.5, 0.6) is 5.75 Å². The first-order valence-corrected chi connectivity index (χ1v) is 9.81. The molecule has 158 valence electrons. The predicted octanol–water partition coefficient (Wildman–Crippen LogP) is 2.42. The SMILES string of the molecule is COc1ccc(Cn2cc(C(=O)N[C@@H]3CCOC[C@H]3O)c3nccc(C)c32)cc1F. The molecule has 0 unspecified atom stereocenters. The lowest BCUT2D eigenvalue weighted by atomic mass is 10.1. The molecule has 4 rings (SSSR count). The highest BCUT2D eigenvalue weighted by Gasteiger charge is 2.27. The smallest absolute Gasteiger partial charge is 0.255 e. The van der Waals surface area contributed by atoms with Crippen LogP contribution in [0.1, 0.15) is 27.9 Å². The minimum atomic E-state index is -0.743. The van der Waals surface area contributed by atoms with Gasteiger partial charge in [0.05, 0.1) is 36.9 Å². The molecule has 0 aliphatic carbocycles. The Morgan fingerprint density at radius 3 is 3.00 bits per heavy atom. The Labute approximate surface area is 173 Å². The highest BCUT2D eigenvalue weighted by molar-refractivity contribution is 6.06. The van der Waals surface area contributed by atoms with Crippen LogP contribution in [0.15, 0.2) is 36.7 Å². The van der Waals surface area contributed by atoms with Gasteiger partial charge in [0, 0.05) is 25.5 Å². The monoisotopic (exact) mass is 413 g/mol. The lowest BCUT2D eigenvalue weighted by Gasteiger charge is -2.28. The molecule has 1 aromatic carbocycles. The van der Waals surface area contributed by atoms with Gasteiger partial charge in [0.25, 0.3) is 5.91 Å². The molecule has 0 bridgehead atoms. The van der Waals surface area contributed by atoms with Crippen molar-refractivity contribution in [2.75, 3.05) is 20.3 Å². The van der Waals surface area contributed by atoms with Crippen molar-refractivity contribution in [3.63, 3.8) is 0 Å². The summed E-state index contributed by atoms with van der Waals surface area (Å²) in [4.78, 5) is 17.4. The van der Waals surface area contributed by atoms with Crippen LogP contribution >= 0.6 is 0 Å². The number of benzene rings is 1. The van der Waals surface area contributed by atoms with Gasteiger partial charge in [-0.2, -0.15) is 0 Å². The molecule has 1 aliphatic heterocycles. The van der Waals surface area contributed by atoms with Crippen molar-refractivity contribution in [2.24, 2.45) is 0 Å². The molecule has 1 amide bonds. The molecule has 0 radical (unpaired) electrons. The number of aliphatic hydroxyl groups excluding tert-OH is 1. The maximum Gasteiger partial charge on any atom is 0.255 e. The molecule has 0 spiro atoms. The van der Waals surface area contributed by atoms with E-state index in [9.17, 15) is 14.3 Å². The number of carbonyl (C=O) groups excluding carboxylic acids is 1. The number of fused-ring (bicyclic) bond motifs is 1. The van der Waals surface area contributed by atoms with E-state index >= 15 is 0 Å². The Bertz CT molecular complexity index is 1080. The van der Waals surface area contributed by atoms with Crippen LogP contribution in [-0.4, -0.2) is 53.0 Å². The highest BCUT2D eigenvalue weighted by atomic mass is 19.1. The summed E-state index contributed by atoms with van der Waals surface area (Å²) < 4.78 is 26.2. The summed E-state index contributed by atoms with van der Waals surface area (Å²) in [6.07, 6.45) is 3.19. The number of ether oxygens (including phenoxy) is 2. The molecule has 2 atom stereocenters. The number of carbonyl (C=O) groups is 1. The van der Waals surface area contributed by atoms with E-state index in [1.54, 1.807) is 24.5 Å². The lowest BCUT2D eigenvalue weighted by molar-refractivity contribution is -0.0260. The summed E-state index contributed by atoms with van der Waals surface area (Å²) in [5, 5.41) is 13.0. The molecule has 2 N–H and O–H groups in total. The molecular weight excluding hydrogens is 389 g/mol. The van der Waals surface area contributed by atoms with E-state index in [1.165, 1.54) is 13.2 Å². The van der Waals surface area contributed by atoms with E-state index in [0.717, 1.165) is 16.6 Å². The van der Waals surface area contributed by atoms with Crippen molar-refractivity contribution in [1.29, 1.82) is 0 Å². The maximum absolute atomic E-state index is 14.1. The van der Waals surface area contributed by atoms with Crippen LogP contribution in [0.3, 0.4) is 0 Å². The van der Waals surface area contributed by atoms with Gasteiger partial charge in [0.1, 0.15) is 5.52 Å². The molecule has 30 heavy (non-hydrogen) atoms. The second-order valence-corrected chi connectivity index (χ2v) is 7.48. The molecule has 0 saturated carbocycles. The Balaban J connectivity index is 1.67. The molecule has 2 aromatic heterocycles. The molecule has 1 aliphatic rings. The minimum absolute atomic E-state index is 0.184. The standard InChI is InChI=1S/C22H24FN3O4/c1-13-5-7-24-20-15(22(28)25-17-6-8-30-12-18(17)27)11-26(21(13)20)10-14-3-4-19(29-2)16(23)9-14/h3-5,7,9,11,17-18,27H,6,8,10,12H2,1-2H3,(H,25,28)/t17-,18-/m1/s1. The van der Waals surface area contributed by atoms with Gasteiger partial charge in [0.15, 0.2) is 11.6 Å². The van der Waals surface area contributed by atoms with E-state index in [4.69, 9.17) is 9.47 Å². The van der Waals surface area contributed by atoms with Gasteiger partial charge in [-0.3, -0.25) is 9.78 Å². The summed E-state index contributed by atoms with van der Waals surface area (Å²) >= 11 is 0. The second-order valence-electron chi connectivity index (χ2n) is 7.48. The Kier molecular flexibility index (Phi) is 5.69. The summed E-state index contributed by atoms with van der Waals surface area (Å²) in [6.45, 7) is 3.01. The third-order valence-electron chi connectivity index (χ3n) is 5.41. The van der Waals surface area contributed by atoms with Crippen LogP contribution in [0.25, 0.3) is 11.0 Å². The molecule has 3 heterocycles. The number of nitrogens with one attached hydrogen (secondary N) is 1. The topological polar surface area (TPSA) is 85.6 Å². The maximum atomic E-state index is 14.1. The van der Waals surface area contributed by atoms with E-state index in [2.05, 4.69) is 10.3 Å². The number of aromatic nitrogens is 2. The van der Waals surface area contributed by atoms with Gasteiger partial charge in [-0.15, -0.1) is 0 Å². The zero-order chi connectivity index (χ0) is 21.3. The van der Waals surface area contributed by atoms with Crippen molar-refractivity contribution in [2.45, 2.75) is 32.0 Å². The number of hydrogen-bond acceptors (Lipinski definition) is 5. The highest BCUT2D eigenvalue weighted by Crippen LogP contribution is 2.25. The fourth-order valence-corrected chi connectivity index (χ4v) is 3.82. The number of nitrogens with zero attached hydrogens (tertiary/aromatic N) is 2. The lowest BCUT2D eigenvalue weighted by Crippen LogP contribution is -2.48. The van der Waals surface area contributed by atoms with E-state index in [1.807, 2.05) is 17.6 Å². The number of hydrogen-bond donors (Lipinski definition) is 2. The average Bonchev–Trinajstić information content (AvgIpc) is 3.10. The van der Waals surface area contributed by atoms with Crippen LogP contribution in [0.2, 0.25) is 0 Å². The van der Waals surface area contributed by atoms with E-state index < -0.39 is 11.9 Å². The molecular formula is C22H24FN3O4. The molecule has 7 nitrogen and oxygen atoms in total. The zero-order valence-electron chi connectivity index (χ0n) is 16.9. The van der Waals surface area contributed by atoms with Crippen LogP contribution in [0, 0.1) is 12.7 Å². The summed E-state index contributed by atoms with van der Waals surface area (Å²) in [5.41, 5.74) is 3.50. The number of amides is 1. The third-order valence-corrected chi connectivity index (χ3v) is 5.41. The normalized spacial score (nSPS) is 19.1. The molecule has 1 saturated heterocycles. The summed E-state index contributed by atoms with van der Waals surface area (Å²) in [6, 6.07) is 6.30. The van der Waals surface area contributed by atoms with Gasteiger partial charge in [-0.1, -0.05) is 6.07 Å². The summed E-state index contributed by atoms with van der Waals surface area (Å²) in [7, 11) is 1.42. The van der Waals surface area contributed by atoms with Crippen molar-refractivity contribution in [1.82, 2.24) is 14.9 Å². The van der Waals surface area contributed by atoms with Gasteiger partial charge in [0.2, 0.25) is 0 Å². The van der Waals surface area contributed by atoms with Crippen molar-refractivity contribution >= 4 is 16.9 Å². The Morgan fingerprint density at radius 2 is 2.27 bits per heavy atom. The van der Waals surface area contributed by atoms with Gasteiger partial charge < -0.3 is 24.5 Å². The fraction of sp³-hybridized carbons (Fsp3) is 0.364. The van der Waals surface area contributed by atoms with Gasteiger partial charge in [-0.05, 0) is 42.7 Å². The molecule has 1 fully saturated rings. The van der Waals surface area contributed by atoms with Crippen LogP contribution in [0.4, 0.5) is 4.39 Å². The number of methoxy groups -OCH3 is 1. The number of halogens is 1. The zero-order valence-corrected chi connectivity index (χ0v) is 16.9. The fourth-order valence-electron chi connectivity index (χ4n) is 3.82. The third kappa shape index (κ3) is 3.88. The first kappa shape index (κ1) is 20.3. The first-order valence-electron chi connectivity index (χ1n) is 9.81. The quantitative estimate of drug-likeness (QED) is 0.671. The van der Waals surface area contributed by atoms with Crippen LogP contribution < -0.4 is 10.1 Å². The number of rotatable bonds is 5.